The number of ether oxygens (including phenoxy) is 1. The zero-order chi connectivity index (χ0) is 20.6. The second kappa shape index (κ2) is 10.3. The molecule has 1 amide bonds. The molecule has 1 atom stereocenters. The zero-order valence-corrected chi connectivity index (χ0v) is 17.7. The maximum atomic E-state index is 12.2. The van der Waals surface area contributed by atoms with E-state index in [1.54, 1.807) is 0 Å². The van der Waals surface area contributed by atoms with Gasteiger partial charge in [-0.25, -0.2) is 4.98 Å². The van der Waals surface area contributed by atoms with Crippen LogP contribution in [0.5, 0.6) is 5.75 Å². The summed E-state index contributed by atoms with van der Waals surface area (Å²) >= 11 is 0. The Hall–Kier alpha value is -2.60. The Labute approximate surface area is 173 Å². The first-order valence-corrected chi connectivity index (χ1v) is 10.4. The largest absolute Gasteiger partial charge is 0.483 e. The van der Waals surface area contributed by atoms with Crippen LogP contribution in [0.3, 0.4) is 0 Å². The number of amides is 1. The van der Waals surface area contributed by atoms with Crippen molar-refractivity contribution in [2.45, 2.75) is 32.7 Å². The molecule has 1 aliphatic rings. The van der Waals surface area contributed by atoms with Crippen LogP contribution in [0.4, 0.5) is 5.82 Å². The molecule has 0 radical (unpaired) electrons. The van der Waals surface area contributed by atoms with Gasteiger partial charge in [0.15, 0.2) is 6.61 Å². The minimum absolute atomic E-state index is 0.0141. The Morgan fingerprint density at radius 2 is 1.93 bits per heavy atom. The quantitative estimate of drug-likeness (QED) is 0.743. The molecule has 2 heterocycles. The van der Waals surface area contributed by atoms with Gasteiger partial charge in [-0.15, -0.1) is 0 Å². The topological polar surface area (TPSA) is 57.7 Å². The lowest BCUT2D eigenvalue weighted by molar-refractivity contribution is -0.123. The Morgan fingerprint density at radius 3 is 2.62 bits per heavy atom. The van der Waals surface area contributed by atoms with Gasteiger partial charge in [-0.05, 0) is 42.6 Å². The molecule has 6 heteroatoms. The van der Waals surface area contributed by atoms with Gasteiger partial charge in [0.2, 0.25) is 0 Å². The molecule has 0 spiro atoms. The Bertz CT molecular complexity index is 786. The van der Waals surface area contributed by atoms with Crippen molar-refractivity contribution in [1.82, 2.24) is 15.2 Å². The summed E-state index contributed by atoms with van der Waals surface area (Å²) in [6, 6.07) is 12.0. The first-order valence-electron chi connectivity index (χ1n) is 10.4. The molecule has 3 rings (SSSR count). The monoisotopic (exact) mass is 396 g/mol. The van der Waals surface area contributed by atoms with E-state index in [-0.39, 0.29) is 12.5 Å². The second-order valence-corrected chi connectivity index (χ2v) is 7.73. The Morgan fingerprint density at radius 1 is 1.17 bits per heavy atom. The highest BCUT2D eigenvalue weighted by molar-refractivity contribution is 5.77. The van der Waals surface area contributed by atoms with Gasteiger partial charge in [0, 0.05) is 38.9 Å². The molecule has 1 saturated heterocycles. The summed E-state index contributed by atoms with van der Waals surface area (Å²) in [5.41, 5.74) is 2.13. The number of nitrogens with zero attached hydrogens (tertiary/aromatic N) is 3. The third kappa shape index (κ3) is 5.94. The summed E-state index contributed by atoms with van der Waals surface area (Å²) in [5, 5.41) is 2.91. The number of hydrogen-bond donors (Lipinski definition) is 1. The SMILES string of the molecule is CCC(C)c1ccccc1OCC(=O)NCc1ccc(N2CCN(C)CC2)nc1. The predicted molar refractivity (Wildman–Crippen MR) is 116 cm³/mol. The van der Waals surface area contributed by atoms with Gasteiger partial charge in [0.25, 0.3) is 5.91 Å². The molecule has 1 fully saturated rings. The second-order valence-electron chi connectivity index (χ2n) is 7.73. The molecular weight excluding hydrogens is 364 g/mol. The van der Waals surface area contributed by atoms with Crippen LogP contribution in [0.15, 0.2) is 42.6 Å². The van der Waals surface area contributed by atoms with Gasteiger partial charge in [-0.1, -0.05) is 38.1 Å². The average molecular weight is 397 g/mol. The van der Waals surface area contributed by atoms with Gasteiger partial charge in [-0.2, -0.15) is 0 Å². The summed E-state index contributed by atoms with van der Waals surface area (Å²) < 4.78 is 5.78. The van der Waals surface area contributed by atoms with Crippen LogP contribution in [-0.4, -0.2) is 55.6 Å². The summed E-state index contributed by atoms with van der Waals surface area (Å²) in [5.74, 6) is 2.06. The number of benzene rings is 1. The molecule has 1 N–H and O–H groups in total. The fraction of sp³-hybridized carbons (Fsp3) is 0.478. The highest BCUT2D eigenvalue weighted by Gasteiger charge is 2.15. The summed E-state index contributed by atoms with van der Waals surface area (Å²) in [6.07, 6.45) is 2.87. The fourth-order valence-corrected chi connectivity index (χ4v) is 3.38. The van der Waals surface area contributed by atoms with E-state index in [1.807, 2.05) is 36.5 Å². The van der Waals surface area contributed by atoms with Crippen LogP contribution in [0.2, 0.25) is 0 Å². The van der Waals surface area contributed by atoms with E-state index in [9.17, 15) is 4.79 Å². The molecule has 2 aromatic rings. The number of piperazine rings is 1. The van der Waals surface area contributed by atoms with Crippen LogP contribution in [-0.2, 0) is 11.3 Å². The van der Waals surface area contributed by atoms with E-state index >= 15 is 0 Å². The van der Waals surface area contributed by atoms with Crippen molar-refractivity contribution < 1.29 is 9.53 Å². The summed E-state index contributed by atoms with van der Waals surface area (Å²) in [4.78, 5) is 21.4. The first kappa shape index (κ1) is 21.1. The number of para-hydroxylation sites is 1. The Balaban J connectivity index is 1.46. The number of carbonyl (C=O) groups excluding carboxylic acids is 1. The zero-order valence-electron chi connectivity index (χ0n) is 17.7. The number of aromatic nitrogens is 1. The molecule has 29 heavy (non-hydrogen) atoms. The molecule has 0 saturated carbocycles. The summed E-state index contributed by atoms with van der Waals surface area (Å²) in [6.45, 7) is 8.88. The summed E-state index contributed by atoms with van der Waals surface area (Å²) in [7, 11) is 2.14. The molecule has 0 bridgehead atoms. The van der Waals surface area contributed by atoms with Crippen molar-refractivity contribution in [2.75, 3.05) is 44.7 Å². The standard InChI is InChI=1S/C23H32N4O2/c1-4-18(2)20-7-5-6-8-21(20)29-17-23(28)25-16-19-9-10-22(24-15-19)27-13-11-26(3)12-14-27/h5-10,15,18H,4,11-14,16-17H2,1-3H3,(H,25,28). The molecule has 1 unspecified atom stereocenters. The molecule has 1 aliphatic heterocycles. The number of rotatable bonds is 8. The lowest BCUT2D eigenvalue weighted by Gasteiger charge is -2.33. The average Bonchev–Trinajstić information content (AvgIpc) is 2.77. The van der Waals surface area contributed by atoms with E-state index < -0.39 is 0 Å². The van der Waals surface area contributed by atoms with Crippen molar-refractivity contribution in [1.29, 1.82) is 0 Å². The number of nitrogens with one attached hydrogen (secondary N) is 1. The molecule has 156 valence electrons. The molecular formula is C23H32N4O2. The van der Waals surface area contributed by atoms with Gasteiger partial charge in [0.1, 0.15) is 11.6 Å². The lowest BCUT2D eigenvalue weighted by atomic mass is 9.98. The van der Waals surface area contributed by atoms with Crippen molar-refractivity contribution in [3.8, 4) is 5.75 Å². The number of likely N-dealkylation sites (N-methyl/N-ethyl adjacent to an activating group) is 1. The van der Waals surface area contributed by atoms with Gasteiger partial charge in [0.05, 0.1) is 0 Å². The molecule has 1 aromatic carbocycles. The van der Waals surface area contributed by atoms with Gasteiger partial charge in [-0.3, -0.25) is 4.79 Å². The highest BCUT2D eigenvalue weighted by atomic mass is 16.5. The van der Waals surface area contributed by atoms with Crippen molar-refractivity contribution in [3.63, 3.8) is 0 Å². The van der Waals surface area contributed by atoms with Crippen molar-refractivity contribution >= 4 is 11.7 Å². The number of hydrogen-bond acceptors (Lipinski definition) is 5. The van der Waals surface area contributed by atoms with Crippen molar-refractivity contribution in [2.24, 2.45) is 0 Å². The van der Waals surface area contributed by atoms with Crippen molar-refractivity contribution in [3.05, 3.63) is 53.7 Å². The van der Waals surface area contributed by atoms with E-state index in [0.717, 1.165) is 55.3 Å². The molecule has 6 nitrogen and oxygen atoms in total. The highest BCUT2D eigenvalue weighted by Crippen LogP contribution is 2.28. The van der Waals surface area contributed by atoms with Crippen LogP contribution in [0.1, 0.15) is 37.3 Å². The number of carbonyl (C=O) groups is 1. The molecule has 1 aromatic heterocycles. The number of pyridine rings is 1. The minimum Gasteiger partial charge on any atom is -0.483 e. The van der Waals surface area contributed by atoms with E-state index in [2.05, 4.69) is 47.1 Å². The smallest absolute Gasteiger partial charge is 0.258 e. The Kier molecular flexibility index (Phi) is 7.47. The minimum atomic E-state index is -0.132. The van der Waals surface area contributed by atoms with Crippen LogP contribution >= 0.6 is 0 Å². The third-order valence-electron chi connectivity index (χ3n) is 5.55. The van der Waals surface area contributed by atoms with E-state index in [0.29, 0.717) is 12.5 Å². The van der Waals surface area contributed by atoms with Gasteiger partial charge < -0.3 is 19.9 Å². The maximum Gasteiger partial charge on any atom is 0.258 e. The fourth-order valence-electron chi connectivity index (χ4n) is 3.38. The first-order chi connectivity index (χ1) is 14.1. The van der Waals surface area contributed by atoms with Crippen LogP contribution < -0.4 is 15.0 Å². The molecule has 0 aliphatic carbocycles. The third-order valence-corrected chi connectivity index (χ3v) is 5.55. The normalized spacial score (nSPS) is 15.8. The maximum absolute atomic E-state index is 12.2. The number of anilines is 1. The van der Waals surface area contributed by atoms with Crippen LogP contribution in [0.25, 0.3) is 0 Å². The van der Waals surface area contributed by atoms with Gasteiger partial charge >= 0.3 is 0 Å². The van der Waals surface area contributed by atoms with Crippen LogP contribution in [0, 0.1) is 0 Å². The lowest BCUT2D eigenvalue weighted by Crippen LogP contribution is -2.44. The van der Waals surface area contributed by atoms with E-state index in [4.69, 9.17) is 4.74 Å². The predicted octanol–water partition coefficient (Wildman–Crippen LogP) is 3.04. The van der Waals surface area contributed by atoms with E-state index in [1.165, 1.54) is 0 Å².